The van der Waals surface area contributed by atoms with Gasteiger partial charge in [-0.3, -0.25) is 4.68 Å². The second kappa shape index (κ2) is 3.74. The highest BCUT2D eigenvalue weighted by Gasteiger charge is 2.03. The Hall–Kier alpha value is -0.540. The smallest absolute Gasteiger partial charge is 0.129 e. The first-order valence-electron chi connectivity index (χ1n) is 3.62. The number of rotatable bonds is 3. The largest absolute Gasteiger partial charge is 0.330 e. The number of hydrogen-bond donors (Lipinski definition) is 1. The van der Waals surface area contributed by atoms with Crippen molar-refractivity contribution < 1.29 is 0 Å². The number of hydrogen-bond acceptors (Lipinski definition) is 2. The minimum atomic E-state index is 0.700. The number of aryl methyl sites for hydroxylation is 2. The van der Waals surface area contributed by atoms with Crippen LogP contribution < -0.4 is 5.73 Å². The van der Waals surface area contributed by atoms with Gasteiger partial charge in [-0.2, -0.15) is 5.10 Å². The van der Waals surface area contributed by atoms with Gasteiger partial charge in [0.25, 0.3) is 0 Å². The first-order valence-corrected chi connectivity index (χ1v) is 4.00. The Bertz CT molecular complexity index is 232. The van der Waals surface area contributed by atoms with Crippen LogP contribution in [0, 0.1) is 0 Å². The molecule has 0 fully saturated rings. The Morgan fingerprint density at radius 1 is 1.73 bits per heavy atom. The summed E-state index contributed by atoms with van der Waals surface area (Å²) in [4.78, 5) is 0. The summed E-state index contributed by atoms with van der Waals surface area (Å²) in [6.07, 6.45) is 3.67. The zero-order valence-electron chi connectivity index (χ0n) is 6.55. The van der Waals surface area contributed by atoms with E-state index in [1.165, 1.54) is 0 Å². The molecule has 1 aromatic rings. The summed E-state index contributed by atoms with van der Waals surface area (Å²) in [5, 5.41) is 4.73. The highest BCUT2D eigenvalue weighted by Crippen LogP contribution is 2.14. The fourth-order valence-electron chi connectivity index (χ4n) is 0.928. The molecule has 0 bridgehead atoms. The second-order valence-electron chi connectivity index (χ2n) is 2.48. The molecule has 1 rings (SSSR count). The molecule has 0 unspecified atom stereocenters. The summed E-state index contributed by atoms with van der Waals surface area (Å²) in [5.41, 5.74) is 6.45. The molecular formula is C7H12ClN3. The summed E-state index contributed by atoms with van der Waals surface area (Å²) in [5.74, 6) is 0. The predicted molar refractivity (Wildman–Crippen MR) is 45.6 cm³/mol. The molecule has 0 atom stereocenters. The highest BCUT2D eigenvalue weighted by atomic mass is 35.5. The maximum absolute atomic E-state index is 5.90. The lowest BCUT2D eigenvalue weighted by Crippen LogP contribution is -2.00. The van der Waals surface area contributed by atoms with Crippen molar-refractivity contribution in [2.75, 3.05) is 6.54 Å². The van der Waals surface area contributed by atoms with Crippen molar-refractivity contribution in [1.29, 1.82) is 0 Å². The van der Waals surface area contributed by atoms with E-state index in [1.807, 2.05) is 7.05 Å². The van der Waals surface area contributed by atoms with Crippen LogP contribution in [-0.4, -0.2) is 16.3 Å². The van der Waals surface area contributed by atoms with Crippen LogP contribution in [0.1, 0.15) is 12.0 Å². The van der Waals surface area contributed by atoms with Crippen LogP contribution in [-0.2, 0) is 13.5 Å². The highest BCUT2D eigenvalue weighted by molar-refractivity contribution is 6.30. The minimum Gasteiger partial charge on any atom is -0.330 e. The van der Waals surface area contributed by atoms with Crippen LogP contribution in [0.3, 0.4) is 0 Å². The molecule has 0 spiro atoms. The van der Waals surface area contributed by atoms with Crippen molar-refractivity contribution in [3.05, 3.63) is 16.9 Å². The van der Waals surface area contributed by atoms with E-state index in [-0.39, 0.29) is 0 Å². The number of aromatic nitrogens is 2. The van der Waals surface area contributed by atoms with Crippen LogP contribution in [0.5, 0.6) is 0 Å². The number of nitrogens with two attached hydrogens (primary N) is 1. The molecule has 1 aromatic heterocycles. The Morgan fingerprint density at radius 3 is 2.91 bits per heavy atom. The van der Waals surface area contributed by atoms with E-state index in [0.717, 1.165) is 23.6 Å². The first kappa shape index (κ1) is 8.56. The molecule has 0 saturated heterocycles. The van der Waals surface area contributed by atoms with Crippen LogP contribution >= 0.6 is 11.6 Å². The molecule has 0 saturated carbocycles. The van der Waals surface area contributed by atoms with Gasteiger partial charge in [0, 0.05) is 12.6 Å². The Labute approximate surface area is 71.1 Å². The molecule has 0 amide bonds. The monoisotopic (exact) mass is 173 g/mol. The molecular weight excluding hydrogens is 162 g/mol. The molecule has 1 heterocycles. The lowest BCUT2D eigenvalue weighted by atomic mass is 10.2. The van der Waals surface area contributed by atoms with Crippen LogP contribution in [0.15, 0.2) is 6.20 Å². The van der Waals surface area contributed by atoms with Gasteiger partial charge < -0.3 is 5.73 Å². The standard InChI is InChI=1S/C7H12ClN3/c1-11-7(8)6(5-10-11)3-2-4-9/h5H,2-4,9H2,1H3. The van der Waals surface area contributed by atoms with E-state index in [2.05, 4.69) is 5.10 Å². The summed E-state index contributed by atoms with van der Waals surface area (Å²) in [6, 6.07) is 0. The van der Waals surface area contributed by atoms with Crippen LogP contribution in [0.25, 0.3) is 0 Å². The van der Waals surface area contributed by atoms with Gasteiger partial charge in [-0.05, 0) is 19.4 Å². The number of nitrogens with zero attached hydrogens (tertiary/aromatic N) is 2. The maximum atomic E-state index is 5.90. The van der Waals surface area contributed by atoms with Gasteiger partial charge in [-0.15, -0.1) is 0 Å². The third kappa shape index (κ3) is 1.94. The van der Waals surface area contributed by atoms with Crippen molar-refractivity contribution in [2.24, 2.45) is 12.8 Å². The van der Waals surface area contributed by atoms with Gasteiger partial charge >= 0.3 is 0 Å². The quantitative estimate of drug-likeness (QED) is 0.740. The molecule has 4 heteroatoms. The van der Waals surface area contributed by atoms with E-state index in [0.29, 0.717) is 6.54 Å². The third-order valence-corrected chi connectivity index (χ3v) is 2.07. The molecule has 2 N–H and O–H groups in total. The average molecular weight is 174 g/mol. The maximum Gasteiger partial charge on any atom is 0.129 e. The van der Waals surface area contributed by atoms with Gasteiger partial charge in [0.05, 0.1) is 6.20 Å². The molecule has 0 aliphatic rings. The first-order chi connectivity index (χ1) is 5.25. The summed E-state index contributed by atoms with van der Waals surface area (Å²) < 4.78 is 1.66. The van der Waals surface area contributed by atoms with Crippen molar-refractivity contribution in [2.45, 2.75) is 12.8 Å². The Balaban J connectivity index is 2.63. The topological polar surface area (TPSA) is 43.8 Å². The zero-order chi connectivity index (χ0) is 8.27. The van der Waals surface area contributed by atoms with Crippen LogP contribution in [0.2, 0.25) is 5.15 Å². The van der Waals surface area contributed by atoms with Crippen molar-refractivity contribution in [3.63, 3.8) is 0 Å². The van der Waals surface area contributed by atoms with Gasteiger partial charge in [0.2, 0.25) is 0 Å². The average Bonchev–Trinajstić information content (AvgIpc) is 2.31. The number of halogens is 1. The Kier molecular flexibility index (Phi) is 2.91. The normalized spacial score (nSPS) is 10.5. The lowest BCUT2D eigenvalue weighted by molar-refractivity contribution is 0.766. The minimum absolute atomic E-state index is 0.700. The molecule has 0 radical (unpaired) electrons. The fourth-order valence-corrected chi connectivity index (χ4v) is 1.12. The molecule has 3 nitrogen and oxygen atoms in total. The van der Waals surface area contributed by atoms with E-state index in [4.69, 9.17) is 17.3 Å². The third-order valence-electron chi connectivity index (χ3n) is 1.59. The molecule has 62 valence electrons. The van der Waals surface area contributed by atoms with Gasteiger partial charge in [-0.1, -0.05) is 11.6 Å². The van der Waals surface area contributed by atoms with Crippen molar-refractivity contribution in [1.82, 2.24) is 9.78 Å². The Morgan fingerprint density at radius 2 is 2.45 bits per heavy atom. The summed E-state index contributed by atoms with van der Waals surface area (Å²) >= 11 is 5.90. The van der Waals surface area contributed by atoms with Gasteiger partial charge in [0.1, 0.15) is 5.15 Å². The molecule has 0 aliphatic carbocycles. The predicted octanol–water partition coefficient (Wildman–Crippen LogP) is 0.965. The van der Waals surface area contributed by atoms with Gasteiger partial charge in [0.15, 0.2) is 0 Å². The SMILES string of the molecule is Cn1ncc(CCCN)c1Cl. The van der Waals surface area contributed by atoms with Gasteiger partial charge in [-0.25, -0.2) is 0 Å². The molecule has 0 aromatic carbocycles. The lowest BCUT2D eigenvalue weighted by Gasteiger charge is -1.95. The summed E-state index contributed by atoms with van der Waals surface area (Å²) in [7, 11) is 1.83. The second-order valence-corrected chi connectivity index (χ2v) is 2.83. The summed E-state index contributed by atoms with van der Waals surface area (Å²) in [6.45, 7) is 0.700. The molecule has 0 aliphatic heterocycles. The fraction of sp³-hybridized carbons (Fsp3) is 0.571. The van der Waals surface area contributed by atoms with E-state index >= 15 is 0 Å². The molecule has 11 heavy (non-hydrogen) atoms. The van der Waals surface area contributed by atoms with Crippen LogP contribution in [0.4, 0.5) is 0 Å². The zero-order valence-corrected chi connectivity index (χ0v) is 7.30. The van der Waals surface area contributed by atoms with E-state index in [1.54, 1.807) is 10.9 Å². The van der Waals surface area contributed by atoms with E-state index in [9.17, 15) is 0 Å². The van der Waals surface area contributed by atoms with Crippen molar-refractivity contribution >= 4 is 11.6 Å². The van der Waals surface area contributed by atoms with E-state index < -0.39 is 0 Å². The van der Waals surface area contributed by atoms with Crippen molar-refractivity contribution in [3.8, 4) is 0 Å².